The van der Waals surface area contributed by atoms with Crippen LogP contribution in [-0.2, 0) is 14.3 Å². The van der Waals surface area contributed by atoms with Crippen LogP contribution in [0, 0.1) is 5.41 Å². The predicted molar refractivity (Wildman–Crippen MR) is 60.5 cm³/mol. The molecule has 18 heavy (non-hydrogen) atoms. The van der Waals surface area contributed by atoms with Gasteiger partial charge in [0, 0.05) is 12.6 Å². The van der Waals surface area contributed by atoms with Crippen molar-refractivity contribution in [1.29, 1.82) is 0 Å². The number of rotatable bonds is 3. The van der Waals surface area contributed by atoms with E-state index in [9.17, 15) is 14.4 Å². The summed E-state index contributed by atoms with van der Waals surface area (Å²) >= 11 is 0. The lowest BCUT2D eigenvalue weighted by Crippen LogP contribution is -2.64. The van der Waals surface area contributed by atoms with Crippen molar-refractivity contribution in [2.45, 2.75) is 44.8 Å². The second-order valence-corrected chi connectivity index (χ2v) is 5.22. The van der Waals surface area contributed by atoms with E-state index < -0.39 is 17.4 Å². The third kappa shape index (κ3) is 1.48. The van der Waals surface area contributed by atoms with Crippen LogP contribution >= 0.6 is 0 Å². The van der Waals surface area contributed by atoms with Crippen molar-refractivity contribution >= 4 is 17.8 Å². The van der Waals surface area contributed by atoms with Crippen molar-refractivity contribution in [2.24, 2.45) is 5.41 Å². The van der Waals surface area contributed by atoms with Gasteiger partial charge in [0.25, 0.3) is 0 Å². The molecule has 0 aromatic heterocycles. The van der Waals surface area contributed by atoms with E-state index in [1.165, 1.54) is 4.90 Å². The van der Waals surface area contributed by atoms with Gasteiger partial charge in [-0.3, -0.25) is 19.8 Å². The summed E-state index contributed by atoms with van der Waals surface area (Å²) < 4.78 is 5.42. The first-order valence-corrected chi connectivity index (χ1v) is 6.39. The molecule has 1 saturated heterocycles. The van der Waals surface area contributed by atoms with Gasteiger partial charge in [0.2, 0.25) is 11.8 Å². The lowest BCUT2D eigenvalue weighted by atomic mass is 9.86. The average Bonchev–Trinajstić information content (AvgIpc) is 3.05. The predicted octanol–water partition coefficient (Wildman–Crippen LogP) is 0.412. The van der Waals surface area contributed by atoms with Crippen molar-refractivity contribution in [3.63, 3.8) is 0 Å². The average molecular weight is 252 g/mol. The quantitative estimate of drug-likeness (QED) is 0.738. The fraction of sp³-hybridized carbons (Fsp3) is 0.750. The van der Waals surface area contributed by atoms with Crippen molar-refractivity contribution < 1.29 is 19.1 Å². The highest BCUT2D eigenvalue weighted by Gasteiger charge is 2.63. The SMILES string of the molecule is CCOC1CC(N2C(=O)NC(=O)C3(CC3)C2=O)C1. The van der Waals surface area contributed by atoms with Crippen LogP contribution in [0.4, 0.5) is 4.79 Å². The number of barbiturate groups is 1. The number of amides is 4. The molecule has 1 aliphatic heterocycles. The van der Waals surface area contributed by atoms with Crippen LogP contribution < -0.4 is 5.32 Å². The van der Waals surface area contributed by atoms with E-state index in [0.29, 0.717) is 32.3 Å². The second-order valence-electron chi connectivity index (χ2n) is 5.22. The molecule has 2 aliphatic carbocycles. The van der Waals surface area contributed by atoms with Crippen LogP contribution in [0.5, 0.6) is 0 Å². The minimum atomic E-state index is -0.926. The Hall–Kier alpha value is -1.43. The Labute approximate surface area is 105 Å². The molecular formula is C12H16N2O4. The number of imide groups is 2. The van der Waals surface area contributed by atoms with Gasteiger partial charge < -0.3 is 4.74 Å². The number of carbonyl (C=O) groups is 3. The molecule has 1 spiro atoms. The molecule has 0 radical (unpaired) electrons. The monoisotopic (exact) mass is 252 g/mol. The number of urea groups is 1. The van der Waals surface area contributed by atoms with Gasteiger partial charge in [-0.05, 0) is 32.6 Å². The fourth-order valence-corrected chi connectivity index (χ4v) is 2.71. The lowest BCUT2D eigenvalue weighted by Gasteiger charge is -2.43. The van der Waals surface area contributed by atoms with E-state index in [1.54, 1.807) is 0 Å². The largest absolute Gasteiger partial charge is 0.378 e. The highest BCUT2D eigenvalue weighted by molar-refractivity contribution is 6.21. The van der Waals surface area contributed by atoms with E-state index >= 15 is 0 Å². The number of ether oxygens (including phenoxy) is 1. The molecule has 4 amide bonds. The number of nitrogens with one attached hydrogen (secondary N) is 1. The Bertz CT molecular complexity index is 424. The molecule has 0 atom stereocenters. The highest BCUT2D eigenvalue weighted by Crippen LogP contribution is 2.50. The van der Waals surface area contributed by atoms with Crippen LogP contribution in [0.25, 0.3) is 0 Å². The van der Waals surface area contributed by atoms with Crippen molar-refractivity contribution in [3.8, 4) is 0 Å². The van der Waals surface area contributed by atoms with Crippen LogP contribution in [0.3, 0.4) is 0 Å². The third-order valence-corrected chi connectivity index (χ3v) is 4.09. The number of nitrogens with zero attached hydrogens (tertiary/aromatic N) is 1. The summed E-state index contributed by atoms with van der Waals surface area (Å²) in [6.45, 7) is 2.56. The Kier molecular flexibility index (Phi) is 2.45. The highest BCUT2D eigenvalue weighted by atomic mass is 16.5. The third-order valence-electron chi connectivity index (χ3n) is 4.09. The smallest absolute Gasteiger partial charge is 0.331 e. The van der Waals surface area contributed by atoms with E-state index in [2.05, 4.69) is 5.32 Å². The van der Waals surface area contributed by atoms with Crippen molar-refractivity contribution in [1.82, 2.24) is 10.2 Å². The molecule has 0 aromatic carbocycles. The van der Waals surface area contributed by atoms with E-state index in [1.807, 2.05) is 6.92 Å². The van der Waals surface area contributed by atoms with Gasteiger partial charge in [-0.25, -0.2) is 4.79 Å². The summed E-state index contributed by atoms with van der Waals surface area (Å²) in [5.41, 5.74) is -0.926. The molecule has 0 bridgehead atoms. The zero-order valence-corrected chi connectivity index (χ0v) is 10.3. The Morgan fingerprint density at radius 2 is 2.00 bits per heavy atom. The molecule has 6 heteroatoms. The van der Waals surface area contributed by atoms with Crippen LogP contribution in [0.2, 0.25) is 0 Å². The van der Waals surface area contributed by atoms with Gasteiger partial charge in [0.1, 0.15) is 5.41 Å². The first-order chi connectivity index (χ1) is 8.58. The maximum absolute atomic E-state index is 12.2. The minimum absolute atomic E-state index is 0.111. The van der Waals surface area contributed by atoms with Gasteiger partial charge in [-0.2, -0.15) is 0 Å². The zero-order chi connectivity index (χ0) is 12.9. The molecule has 6 nitrogen and oxygen atoms in total. The first kappa shape index (κ1) is 11.6. The van der Waals surface area contributed by atoms with E-state index in [0.717, 1.165) is 0 Å². The van der Waals surface area contributed by atoms with Gasteiger partial charge in [-0.15, -0.1) is 0 Å². The number of hydrogen-bond acceptors (Lipinski definition) is 4. The van der Waals surface area contributed by atoms with Crippen molar-refractivity contribution in [3.05, 3.63) is 0 Å². The Morgan fingerprint density at radius 1 is 1.33 bits per heavy atom. The molecule has 3 aliphatic rings. The molecule has 98 valence electrons. The first-order valence-electron chi connectivity index (χ1n) is 6.39. The zero-order valence-electron chi connectivity index (χ0n) is 10.3. The molecule has 1 N–H and O–H groups in total. The van der Waals surface area contributed by atoms with Gasteiger partial charge in [0.05, 0.1) is 6.10 Å². The van der Waals surface area contributed by atoms with E-state index in [-0.39, 0.29) is 18.1 Å². The maximum atomic E-state index is 12.2. The molecule has 0 aromatic rings. The lowest BCUT2D eigenvalue weighted by molar-refractivity contribution is -0.149. The van der Waals surface area contributed by atoms with Crippen molar-refractivity contribution in [2.75, 3.05) is 6.61 Å². The Balaban J connectivity index is 1.71. The summed E-state index contributed by atoms with van der Waals surface area (Å²) in [5, 5.41) is 2.29. The van der Waals surface area contributed by atoms with Crippen LogP contribution in [-0.4, -0.2) is 41.5 Å². The second kappa shape index (κ2) is 3.78. The summed E-state index contributed by atoms with van der Waals surface area (Å²) in [6, 6.07) is -0.679. The fourth-order valence-electron chi connectivity index (χ4n) is 2.71. The molecule has 0 unspecified atom stereocenters. The van der Waals surface area contributed by atoms with Gasteiger partial charge in [-0.1, -0.05) is 0 Å². The number of hydrogen-bond donors (Lipinski definition) is 1. The Morgan fingerprint density at radius 3 is 2.56 bits per heavy atom. The summed E-state index contributed by atoms with van der Waals surface area (Å²) in [4.78, 5) is 36.9. The minimum Gasteiger partial charge on any atom is -0.378 e. The summed E-state index contributed by atoms with van der Waals surface area (Å²) in [5.74, 6) is -0.731. The van der Waals surface area contributed by atoms with E-state index in [4.69, 9.17) is 4.74 Å². The normalized spacial score (nSPS) is 33.4. The number of carbonyl (C=O) groups excluding carboxylic acids is 3. The standard InChI is InChI=1S/C12H16N2O4/c1-2-18-8-5-7(6-8)14-10(16)12(3-4-12)9(15)13-11(14)17/h7-8H,2-6H2,1H3,(H,13,15,17). The summed E-state index contributed by atoms with van der Waals surface area (Å²) in [6.07, 6.45) is 2.61. The molecule has 3 rings (SSSR count). The van der Waals surface area contributed by atoms with Gasteiger partial charge in [0.15, 0.2) is 0 Å². The van der Waals surface area contributed by atoms with Crippen LogP contribution in [0.15, 0.2) is 0 Å². The summed E-state index contributed by atoms with van der Waals surface area (Å²) in [7, 11) is 0. The molecular weight excluding hydrogens is 236 g/mol. The van der Waals surface area contributed by atoms with Crippen LogP contribution in [0.1, 0.15) is 32.6 Å². The molecule has 2 saturated carbocycles. The molecule has 3 fully saturated rings. The topological polar surface area (TPSA) is 75.7 Å². The molecule has 1 heterocycles. The maximum Gasteiger partial charge on any atom is 0.331 e. The van der Waals surface area contributed by atoms with Gasteiger partial charge >= 0.3 is 6.03 Å².